The van der Waals surface area contributed by atoms with Crippen LogP contribution in [-0.2, 0) is 6.54 Å². The van der Waals surface area contributed by atoms with Gasteiger partial charge in [-0.05, 0) is 18.2 Å². The molecule has 0 bridgehead atoms. The minimum atomic E-state index is -0.509. The van der Waals surface area contributed by atoms with Crippen molar-refractivity contribution in [2.75, 3.05) is 37.6 Å². The number of hydrogen-bond acceptors (Lipinski definition) is 5. The second-order valence-electron chi connectivity index (χ2n) is 7.59. The topological polar surface area (TPSA) is 76.1 Å². The molecule has 0 aliphatic carbocycles. The second-order valence-corrected chi connectivity index (χ2v) is 7.59. The van der Waals surface area contributed by atoms with Crippen molar-refractivity contribution in [3.63, 3.8) is 0 Å². The number of aryl methyl sites for hydroxylation is 1. The molecule has 0 atom stereocenters. The summed E-state index contributed by atoms with van der Waals surface area (Å²) in [7, 11) is 0. The molecule has 7 heteroatoms. The van der Waals surface area contributed by atoms with Gasteiger partial charge in [-0.25, -0.2) is 4.39 Å². The summed E-state index contributed by atoms with van der Waals surface area (Å²) < 4.78 is 15.9. The van der Waals surface area contributed by atoms with E-state index in [9.17, 15) is 14.4 Å². The lowest BCUT2D eigenvalue weighted by molar-refractivity contribution is 0.0928. The van der Waals surface area contributed by atoms with Crippen LogP contribution in [0.5, 0.6) is 0 Å². The quantitative estimate of drug-likeness (QED) is 0.576. The zero-order valence-corrected chi connectivity index (χ0v) is 17.1. The normalized spacial score (nSPS) is 14.4. The molecular formula is C24H22FN5O. The first-order chi connectivity index (χ1) is 15.1. The Hall–Kier alpha value is -3.68. The Balaban J connectivity index is 1.45. The number of benzene rings is 2. The van der Waals surface area contributed by atoms with Crippen molar-refractivity contribution in [3.05, 3.63) is 65.6 Å². The summed E-state index contributed by atoms with van der Waals surface area (Å²) >= 11 is 0. The summed E-state index contributed by atoms with van der Waals surface area (Å²) in [4.78, 5) is 17.2. The van der Waals surface area contributed by atoms with Crippen LogP contribution >= 0.6 is 0 Å². The summed E-state index contributed by atoms with van der Waals surface area (Å²) in [6.07, 6.45) is 2.24. The summed E-state index contributed by atoms with van der Waals surface area (Å²) in [5.74, 6) is -0.464. The fourth-order valence-corrected chi connectivity index (χ4v) is 4.15. The lowest BCUT2D eigenvalue weighted by atomic mass is 10.1. The van der Waals surface area contributed by atoms with E-state index in [0.717, 1.165) is 10.9 Å². The third-order valence-electron chi connectivity index (χ3n) is 5.74. The SMILES string of the molecule is N#CCCn1cc(C(=O)CN2CCN(c3cccc(F)c3C#N)CC2)c2ccccc21. The molecule has 0 spiro atoms. The number of nitrogens with zero attached hydrogens (tertiary/aromatic N) is 5. The number of anilines is 1. The average Bonchev–Trinajstić information content (AvgIpc) is 3.17. The van der Waals surface area contributed by atoms with Gasteiger partial charge in [0.1, 0.15) is 17.4 Å². The molecule has 1 aliphatic heterocycles. The molecule has 1 saturated heterocycles. The predicted octanol–water partition coefficient (Wildman–Crippen LogP) is 3.57. The van der Waals surface area contributed by atoms with E-state index in [-0.39, 0.29) is 11.3 Å². The van der Waals surface area contributed by atoms with Crippen LogP contribution in [-0.4, -0.2) is 48.0 Å². The van der Waals surface area contributed by atoms with Crippen LogP contribution in [0, 0.1) is 28.5 Å². The van der Waals surface area contributed by atoms with Crippen molar-refractivity contribution in [2.45, 2.75) is 13.0 Å². The Kier molecular flexibility index (Phi) is 5.97. The Labute approximate surface area is 180 Å². The highest BCUT2D eigenvalue weighted by Gasteiger charge is 2.23. The Morgan fingerprint density at radius 3 is 2.55 bits per heavy atom. The van der Waals surface area contributed by atoms with E-state index in [1.807, 2.05) is 46.0 Å². The van der Waals surface area contributed by atoms with Gasteiger partial charge in [0.05, 0.1) is 24.7 Å². The predicted molar refractivity (Wildman–Crippen MR) is 116 cm³/mol. The van der Waals surface area contributed by atoms with Gasteiger partial charge in [-0.3, -0.25) is 9.69 Å². The number of piperazine rings is 1. The molecule has 0 saturated carbocycles. The van der Waals surface area contributed by atoms with Crippen molar-refractivity contribution in [1.29, 1.82) is 10.5 Å². The maximum atomic E-state index is 13.9. The van der Waals surface area contributed by atoms with Crippen molar-refractivity contribution in [2.24, 2.45) is 0 Å². The first-order valence-electron chi connectivity index (χ1n) is 10.3. The van der Waals surface area contributed by atoms with Gasteiger partial charge in [-0.1, -0.05) is 24.3 Å². The molecule has 0 N–H and O–H groups in total. The number of ketones is 1. The number of halogens is 1. The molecular weight excluding hydrogens is 393 g/mol. The van der Waals surface area contributed by atoms with Crippen molar-refractivity contribution in [3.8, 4) is 12.1 Å². The van der Waals surface area contributed by atoms with E-state index in [2.05, 4.69) is 11.0 Å². The van der Waals surface area contributed by atoms with Crippen LogP contribution in [0.4, 0.5) is 10.1 Å². The smallest absolute Gasteiger partial charge is 0.178 e. The number of Topliss-reactive ketones (excluding diaryl/α,β-unsaturated/α-hetero) is 1. The molecule has 6 nitrogen and oxygen atoms in total. The standard InChI is InChI=1S/C24H22FN5O/c25-21-6-3-8-23(19(21)15-27)29-13-11-28(12-14-29)17-24(31)20-16-30(10-4-9-26)22-7-2-1-5-18(20)22/h1-3,5-8,16H,4,10-14,17H2. The summed E-state index contributed by atoms with van der Waals surface area (Å²) in [5.41, 5.74) is 2.31. The Morgan fingerprint density at radius 1 is 1.03 bits per heavy atom. The van der Waals surface area contributed by atoms with Crippen LogP contribution in [0.2, 0.25) is 0 Å². The minimum Gasteiger partial charge on any atom is -0.368 e. The van der Waals surface area contributed by atoms with Crippen LogP contribution in [0.3, 0.4) is 0 Å². The van der Waals surface area contributed by atoms with E-state index in [1.54, 1.807) is 12.1 Å². The van der Waals surface area contributed by atoms with Crippen LogP contribution in [0.25, 0.3) is 10.9 Å². The molecule has 1 aromatic heterocycles. The Bertz CT molecular complexity index is 1190. The third-order valence-corrected chi connectivity index (χ3v) is 5.74. The molecule has 156 valence electrons. The van der Waals surface area contributed by atoms with E-state index < -0.39 is 5.82 Å². The zero-order chi connectivity index (χ0) is 21.8. The first kappa shape index (κ1) is 20.6. The highest BCUT2D eigenvalue weighted by atomic mass is 19.1. The van der Waals surface area contributed by atoms with Crippen molar-refractivity contribution in [1.82, 2.24) is 9.47 Å². The van der Waals surface area contributed by atoms with Gasteiger partial charge in [0.2, 0.25) is 0 Å². The molecule has 1 fully saturated rings. The summed E-state index contributed by atoms with van der Waals surface area (Å²) in [6, 6.07) is 16.5. The number of carbonyl (C=O) groups is 1. The lowest BCUT2D eigenvalue weighted by Crippen LogP contribution is -2.48. The first-order valence-corrected chi connectivity index (χ1v) is 10.3. The highest BCUT2D eigenvalue weighted by Crippen LogP contribution is 2.25. The molecule has 31 heavy (non-hydrogen) atoms. The fourth-order valence-electron chi connectivity index (χ4n) is 4.15. The fraction of sp³-hybridized carbons (Fsp3) is 0.292. The molecule has 0 unspecified atom stereocenters. The molecule has 2 heterocycles. The number of rotatable bonds is 6. The van der Waals surface area contributed by atoms with Gasteiger partial charge >= 0.3 is 0 Å². The van der Waals surface area contributed by atoms with E-state index >= 15 is 0 Å². The maximum Gasteiger partial charge on any atom is 0.178 e. The number of fused-ring (bicyclic) bond motifs is 1. The maximum absolute atomic E-state index is 13.9. The average molecular weight is 415 g/mol. The minimum absolute atomic E-state index is 0.0452. The molecule has 2 aromatic carbocycles. The van der Waals surface area contributed by atoms with Gasteiger partial charge in [-0.15, -0.1) is 0 Å². The summed E-state index contributed by atoms with van der Waals surface area (Å²) in [6.45, 7) is 3.40. The molecule has 1 aliphatic rings. The van der Waals surface area contributed by atoms with Gasteiger partial charge in [0.25, 0.3) is 0 Å². The summed E-state index contributed by atoms with van der Waals surface area (Å²) in [5, 5.41) is 19.1. The van der Waals surface area contributed by atoms with Gasteiger partial charge in [0.15, 0.2) is 5.78 Å². The highest BCUT2D eigenvalue weighted by molar-refractivity contribution is 6.09. The van der Waals surface area contributed by atoms with Crippen LogP contribution < -0.4 is 4.90 Å². The zero-order valence-electron chi connectivity index (χ0n) is 17.1. The second kappa shape index (κ2) is 8.99. The van der Waals surface area contributed by atoms with Gasteiger partial charge < -0.3 is 9.47 Å². The van der Waals surface area contributed by atoms with E-state index in [1.165, 1.54) is 6.07 Å². The number of nitriles is 2. The molecule has 0 radical (unpaired) electrons. The van der Waals surface area contributed by atoms with Gasteiger partial charge in [-0.2, -0.15) is 10.5 Å². The molecule has 4 rings (SSSR count). The van der Waals surface area contributed by atoms with E-state index in [4.69, 9.17) is 5.26 Å². The Morgan fingerprint density at radius 2 is 1.81 bits per heavy atom. The van der Waals surface area contributed by atoms with E-state index in [0.29, 0.717) is 56.9 Å². The number of aromatic nitrogens is 1. The lowest BCUT2D eigenvalue weighted by Gasteiger charge is -2.36. The largest absolute Gasteiger partial charge is 0.368 e. The number of para-hydroxylation sites is 1. The molecule has 0 amide bonds. The van der Waals surface area contributed by atoms with Crippen molar-refractivity contribution < 1.29 is 9.18 Å². The van der Waals surface area contributed by atoms with Crippen LogP contribution in [0.15, 0.2) is 48.7 Å². The van der Waals surface area contributed by atoms with Crippen LogP contribution in [0.1, 0.15) is 22.3 Å². The number of carbonyl (C=O) groups excluding carboxylic acids is 1. The van der Waals surface area contributed by atoms with Crippen molar-refractivity contribution >= 4 is 22.4 Å². The monoisotopic (exact) mass is 415 g/mol. The van der Waals surface area contributed by atoms with Gasteiger partial charge in [0, 0.05) is 55.4 Å². The third kappa shape index (κ3) is 4.14. The number of hydrogen-bond donors (Lipinski definition) is 0. The molecule has 3 aromatic rings.